The number of hydrogen-bond donors (Lipinski definition) is 2. The molecular formula is C13H23F3N2O. The van der Waals surface area contributed by atoms with Gasteiger partial charge in [0, 0.05) is 18.6 Å². The van der Waals surface area contributed by atoms with Crippen molar-refractivity contribution in [2.24, 2.45) is 5.92 Å². The van der Waals surface area contributed by atoms with Crippen molar-refractivity contribution in [1.82, 2.24) is 10.2 Å². The smallest absolute Gasteiger partial charge is 0.393 e. The standard InChI is InChI=1S/C13H23F3N2O/c14-13(15,16)10-2-1-6-18(8-10)7-5-12(9-19)17-11-3-4-11/h10-12,17,19H,1-9H2. The number of likely N-dealkylation sites (tertiary alicyclic amines) is 1. The third kappa shape index (κ3) is 4.93. The van der Waals surface area contributed by atoms with Gasteiger partial charge in [-0.3, -0.25) is 0 Å². The first-order valence-electron chi connectivity index (χ1n) is 7.15. The lowest BCUT2D eigenvalue weighted by Crippen LogP contribution is -2.44. The van der Waals surface area contributed by atoms with E-state index in [-0.39, 0.29) is 25.6 Å². The van der Waals surface area contributed by atoms with Crippen LogP contribution in [-0.4, -0.2) is 54.5 Å². The predicted molar refractivity (Wildman–Crippen MR) is 66.9 cm³/mol. The van der Waals surface area contributed by atoms with Crippen molar-refractivity contribution in [2.45, 2.75) is 50.4 Å². The number of aliphatic hydroxyl groups is 1. The molecular weight excluding hydrogens is 257 g/mol. The summed E-state index contributed by atoms with van der Waals surface area (Å²) in [5, 5.41) is 12.6. The van der Waals surface area contributed by atoms with Gasteiger partial charge in [-0.1, -0.05) is 0 Å². The Labute approximate surface area is 112 Å². The summed E-state index contributed by atoms with van der Waals surface area (Å²) in [7, 11) is 0. The highest BCUT2D eigenvalue weighted by Gasteiger charge is 2.41. The number of rotatable bonds is 6. The normalized spacial score (nSPS) is 27.5. The zero-order chi connectivity index (χ0) is 13.9. The van der Waals surface area contributed by atoms with Crippen molar-refractivity contribution in [3.05, 3.63) is 0 Å². The van der Waals surface area contributed by atoms with E-state index in [1.807, 2.05) is 4.90 Å². The zero-order valence-corrected chi connectivity index (χ0v) is 11.1. The van der Waals surface area contributed by atoms with Crippen LogP contribution in [0.3, 0.4) is 0 Å². The molecule has 3 nitrogen and oxygen atoms in total. The summed E-state index contributed by atoms with van der Waals surface area (Å²) in [6, 6.07) is 0.542. The molecule has 2 unspecified atom stereocenters. The maximum atomic E-state index is 12.7. The van der Waals surface area contributed by atoms with Crippen LogP contribution in [0.5, 0.6) is 0 Å². The molecule has 0 aromatic heterocycles. The largest absolute Gasteiger partial charge is 0.395 e. The van der Waals surface area contributed by atoms with E-state index in [2.05, 4.69) is 5.32 Å². The van der Waals surface area contributed by atoms with Crippen molar-refractivity contribution in [3.63, 3.8) is 0 Å². The van der Waals surface area contributed by atoms with Crippen molar-refractivity contribution in [1.29, 1.82) is 0 Å². The minimum absolute atomic E-state index is 0.0266. The van der Waals surface area contributed by atoms with Gasteiger partial charge in [0.1, 0.15) is 0 Å². The van der Waals surface area contributed by atoms with Gasteiger partial charge >= 0.3 is 6.18 Å². The van der Waals surface area contributed by atoms with Gasteiger partial charge in [0.05, 0.1) is 12.5 Å². The van der Waals surface area contributed by atoms with Gasteiger partial charge in [-0.15, -0.1) is 0 Å². The van der Waals surface area contributed by atoms with Crippen molar-refractivity contribution < 1.29 is 18.3 Å². The van der Waals surface area contributed by atoms with E-state index in [0.29, 0.717) is 19.0 Å². The van der Waals surface area contributed by atoms with Crippen LogP contribution in [-0.2, 0) is 0 Å². The number of nitrogens with one attached hydrogen (secondary N) is 1. The quantitative estimate of drug-likeness (QED) is 0.778. The number of hydrogen-bond acceptors (Lipinski definition) is 3. The van der Waals surface area contributed by atoms with Crippen molar-refractivity contribution in [2.75, 3.05) is 26.2 Å². The third-order valence-electron chi connectivity index (χ3n) is 4.03. The fourth-order valence-corrected chi connectivity index (χ4v) is 2.67. The molecule has 2 fully saturated rings. The number of aliphatic hydroxyl groups excluding tert-OH is 1. The fourth-order valence-electron chi connectivity index (χ4n) is 2.67. The van der Waals surface area contributed by atoms with Crippen LogP contribution >= 0.6 is 0 Å². The molecule has 0 amide bonds. The molecule has 1 aliphatic heterocycles. The fraction of sp³-hybridized carbons (Fsp3) is 1.00. The number of halogens is 3. The first kappa shape index (κ1) is 15.1. The summed E-state index contributed by atoms with van der Waals surface area (Å²) in [4.78, 5) is 1.89. The molecule has 6 heteroatoms. The SMILES string of the molecule is OCC(CCN1CCCC(C(F)(F)F)C1)NC1CC1. The highest BCUT2D eigenvalue weighted by molar-refractivity contribution is 4.85. The Morgan fingerprint density at radius 3 is 2.58 bits per heavy atom. The molecule has 1 saturated heterocycles. The minimum Gasteiger partial charge on any atom is -0.395 e. The Hall–Kier alpha value is -0.330. The molecule has 2 rings (SSSR count). The van der Waals surface area contributed by atoms with Crippen LogP contribution in [0.2, 0.25) is 0 Å². The van der Waals surface area contributed by atoms with E-state index >= 15 is 0 Å². The molecule has 0 radical (unpaired) electrons. The van der Waals surface area contributed by atoms with Crippen molar-refractivity contribution >= 4 is 0 Å². The summed E-state index contributed by atoms with van der Waals surface area (Å²) in [6.45, 7) is 1.56. The van der Waals surface area contributed by atoms with Crippen LogP contribution in [0.25, 0.3) is 0 Å². The van der Waals surface area contributed by atoms with Crippen LogP contribution < -0.4 is 5.32 Å². The van der Waals surface area contributed by atoms with Crippen LogP contribution in [0.4, 0.5) is 13.2 Å². The van der Waals surface area contributed by atoms with Gasteiger partial charge in [-0.25, -0.2) is 0 Å². The Morgan fingerprint density at radius 2 is 2.00 bits per heavy atom. The van der Waals surface area contributed by atoms with Crippen LogP contribution in [0.1, 0.15) is 32.1 Å². The lowest BCUT2D eigenvalue weighted by molar-refractivity contribution is -0.186. The Bertz CT molecular complexity index is 282. The first-order chi connectivity index (χ1) is 8.99. The Kier molecular flexibility index (Phi) is 5.09. The van der Waals surface area contributed by atoms with E-state index in [1.165, 1.54) is 0 Å². The molecule has 19 heavy (non-hydrogen) atoms. The van der Waals surface area contributed by atoms with E-state index < -0.39 is 12.1 Å². The van der Waals surface area contributed by atoms with Crippen molar-refractivity contribution in [3.8, 4) is 0 Å². The molecule has 2 atom stereocenters. The molecule has 0 aromatic carbocycles. The number of alkyl halides is 3. The molecule has 112 valence electrons. The molecule has 1 heterocycles. The molecule has 0 aromatic rings. The third-order valence-corrected chi connectivity index (χ3v) is 4.03. The highest BCUT2D eigenvalue weighted by atomic mass is 19.4. The van der Waals surface area contributed by atoms with Gasteiger partial charge in [0.25, 0.3) is 0 Å². The van der Waals surface area contributed by atoms with Gasteiger partial charge in [-0.2, -0.15) is 13.2 Å². The second kappa shape index (κ2) is 6.41. The van der Waals surface area contributed by atoms with Gasteiger partial charge in [0.2, 0.25) is 0 Å². The van der Waals surface area contributed by atoms with Gasteiger partial charge in [-0.05, 0) is 45.2 Å². The Morgan fingerprint density at radius 1 is 1.26 bits per heavy atom. The summed E-state index contributed by atoms with van der Waals surface area (Å²) >= 11 is 0. The van der Waals surface area contributed by atoms with E-state index in [1.54, 1.807) is 0 Å². The monoisotopic (exact) mass is 280 g/mol. The number of piperidine rings is 1. The molecule has 2 N–H and O–H groups in total. The first-order valence-corrected chi connectivity index (χ1v) is 7.15. The lowest BCUT2D eigenvalue weighted by atomic mass is 9.97. The molecule has 1 aliphatic carbocycles. The average Bonchev–Trinajstić information content (AvgIpc) is 3.17. The summed E-state index contributed by atoms with van der Waals surface area (Å²) in [6.07, 6.45) is -0.181. The highest BCUT2D eigenvalue weighted by Crippen LogP contribution is 2.33. The average molecular weight is 280 g/mol. The topological polar surface area (TPSA) is 35.5 Å². The second-order valence-electron chi connectivity index (χ2n) is 5.79. The van der Waals surface area contributed by atoms with E-state index in [4.69, 9.17) is 0 Å². The maximum absolute atomic E-state index is 12.7. The van der Waals surface area contributed by atoms with E-state index in [0.717, 1.165) is 25.8 Å². The summed E-state index contributed by atoms with van der Waals surface area (Å²) in [5.41, 5.74) is 0. The van der Waals surface area contributed by atoms with E-state index in [9.17, 15) is 18.3 Å². The van der Waals surface area contributed by atoms with Gasteiger partial charge in [0.15, 0.2) is 0 Å². The molecule has 1 saturated carbocycles. The predicted octanol–water partition coefficient (Wildman–Crippen LogP) is 1.76. The minimum atomic E-state index is -4.07. The van der Waals surface area contributed by atoms with Gasteiger partial charge < -0.3 is 15.3 Å². The van der Waals surface area contributed by atoms with Crippen LogP contribution in [0, 0.1) is 5.92 Å². The Balaban J connectivity index is 1.72. The molecule has 0 bridgehead atoms. The molecule has 0 spiro atoms. The second-order valence-corrected chi connectivity index (χ2v) is 5.79. The van der Waals surface area contributed by atoms with Crippen LogP contribution in [0.15, 0.2) is 0 Å². The zero-order valence-electron chi connectivity index (χ0n) is 11.1. The number of nitrogens with zero attached hydrogens (tertiary/aromatic N) is 1. The molecule has 2 aliphatic rings. The summed E-state index contributed by atoms with van der Waals surface area (Å²) in [5.74, 6) is -1.18. The lowest BCUT2D eigenvalue weighted by Gasteiger charge is -2.34. The summed E-state index contributed by atoms with van der Waals surface area (Å²) < 4.78 is 38.0. The maximum Gasteiger partial charge on any atom is 0.393 e.